The van der Waals surface area contributed by atoms with E-state index in [1.165, 1.54) is 11.5 Å². The Morgan fingerprint density at radius 2 is 2.36 bits per heavy atom. The highest BCUT2D eigenvalue weighted by molar-refractivity contribution is 7.03. The molecule has 1 heterocycles. The highest BCUT2D eigenvalue weighted by Crippen LogP contribution is 2.08. The Bertz CT molecular complexity index is 307. The topological polar surface area (TPSA) is 42.0 Å². The summed E-state index contributed by atoms with van der Waals surface area (Å²) in [4.78, 5) is 11.6. The molecule has 78 valence electrons. The molecule has 0 unspecified atom stereocenters. The van der Waals surface area contributed by atoms with Crippen LogP contribution < -0.4 is 5.32 Å². The van der Waals surface area contributed by atoms with Crippen LogP contribution in [0, 0.1) is 12.8 Å². The molecule has 0 aliphatic carbocycles. The molecule has 0 atom stereocenters. The first-order valence-electron chi connectivity index (χ1n) is 4.80. The van der Waals surface area contributed by atoms with Crippen molar-refractivity contribution in [3.05, 3.63) is 16.6 Å². The molecule has 3 nitrogen and oxygen atoms in total. The first kappa shape index (κ1) is 11.2. The third kappa shape index (κ3) is 3.10. The summed E-state index contributed by atoms with van der Waals surface area (Å²) >= 11 is 1.32. The number of carbonyl (C=O) groups excluding carboxylic acids is 1. The Balaban J connectivity index is 2.40. The summed E-state index contributed by atoms with van der Waals surface area (Å²) < 4.78 is 4.06. The van der Waals surface area contributed by atoms with E-state index in [1.54, 1.807) is 5.38 Å². The average Bonchev–Trinajstić information content (AvgIpc) is 2.50. The largest absolute Gasteiger partial charge is 0.352 e. The minimum Gasteiger partial charge on any atom is -0.352 e. The molecule has 4 heteroatoms. The smallest absolute Gasteiger partial charge is 0.254 e. The number of hydrogen-bond acceptors (Lipinski definition) is 3. The summed E-state index contributed by atoms with van der Waals surface area (Å²) in [5, 5.41) is 4.68. The summed E-state index contributed by atoms with van der Waals surface area (Å²) in [6, 6.07) is 0. The Morgan fingerprint density at radius 1 is 1.64 bits per heavy atom. The molecule has 1 aromatic heterocycles. The predicted molar refractivity (Wildman–Crippen MR) is 58.6 cm³/mol. The Labute approximate surface area is 88.7 Å². The zero-order chi connectivity index (χ0) is 10.6. The molecule has 1 aromatic rings. The lowest BCUT2D eigenvalue weighted by molar-refractivity contribution is 0.0951. The summed E-state index contributed by atoms with van der Waals surface area (Å²) in [6.45, 7) is 6.88. The van der Waals surface area contributed by atoms with Crippen molar-refractivity contribution in [1.29, 1.82) is 0 Å². The van der Waals surface area contributed by atoms with Gasteiger partial charge in [0.25, 0.3) is 5.91 Å². The second kappa shape index (κ2) is 5.10. The van der Waals surface area contributed by atoms with E-state index < -0.39 is 0 Å². The van der Waals surface area contributed by atoms with Crippen LogP contribution in [0.3, 0.4) is 0 Å². The van der Waals surface area contributed by atoms with Crippen molar-refractivity contribution in [1.82, 2.24) is 9.69 Å². The fraction of sp³-hybridized carbons (Fsp3) is 0.600. The van der Waals surface area contributed by atoms with E-state index in [2.05, 4.69) is 23.5 Å². The van der Waals surface area contributed by atoms with Crippen molar-refractivity contribution in [2.24, 2.45) is 5.92 Å². The number of aromatic nitrogens is 1. The van der Waals surface area contributed by atoms with Crippen molar-refractivity contribution in [3.63, 3.8) is 0 Å². The Morgan fingerprint density at radius 3 is 2.86 bits per heavy atom. The van der Waals surface area contributed by atoms with E-state index in [1.807, 2.05) is 6.92 Å². The van der Waals surface area contributed by atoms with Crippen molar-refractivity contribution >= 4 is 17.4 Å². The van der Waals surface area contributed by atoms with E-state index in [0.29, 0.717) is 11.5 Å². The molecule has 0 aliphatic rings. The number of nitrogens with zero attached hydrogens (tertiary/aromatic N) is 1. The third-order valence-corrected chi connectivity index (χ3v) is 2.72. The third-order valence-electron chi connectivity index (χ3n) is 2.00. The van der Waals surface area contributed by atoms with E-state index in [9.17, 15) is 4.79 Å². The molecule has 0 aromatic carbocycles. The normalized spacial score (nSPS) is 10.6. The van der Waals surface area contributed by atoms with Gasteiger partial charge in [0, 0.05) is 11.9 Å². The second-order valence-corrected chi connectivity index (χ2v) is 4.38. The molecule has 0 saturated heterocycles. The number of amides is 1. The number of rotatable bonds is 4. The average molecular weight is 212 g/mol. The van der Waals surface area contributed by atoms with Crippen LogP contribution in [-0.2, 0) is 0 Å². The monoisotopic (exact) mass is 212 g/mol. The zero-order valence-electron chi connectivity index (χ0n) is 8.83. The van der Waals surface area contributed by atoms with Crippen LogP contribution in [0.25, 0.3) is 0 Å². The molecule has 0 bridgehead atoms. The van der Waals surface area contributed by atoms with Gasteiger partial charge in [0.2, 0.25) is 0 Å². The van der Waals surface area contributed by atoms with Gasteiger partial charge in [0.1, 0.15) is 0 Å². The molecule has 0 spiro atoms. The first-order valence-corrected chi connectivity index (χ1v) is 5.64. The van der Waals surface area contributed by atoms with Crippen molar-refractivity contribution < 1.29 is 4.79 Å². The van der Waals surface area contributed by atoms with Crippen molar-refractivity contribution in [3.8, 4) is 0 Å². The highest BCUT2D eigenvalue weighted by Gasteiger charge is 2.09. The summed E-state index contributed by atoms with van der Waals surface area (Å²) in [6.07, 6.45) is 1.02. The second-order valence-electron chi connectivity index (χ2n) is 3.75. The van der Waals surface area contributed by atoms with Gasteiger partial charge in [0.05, 0.1) is 11.3 Å². The van der Waals surface area contributed by atoms with Gasteiger partial charge in [-0.25, -0.2) is 0 Å². The molecular weight excluding hydrogens is 196 g/mol. The number of carbonyl (C=O) groups is 1. The predicted octanol–water partition coefficient (Wildman–Crippen LogP) is 2.23. The summed E-state index contributed by atoms with van der Waals surface area (Å²) in [7, 11) is 0. The van der Waals surface area contributed by atoms with Crippen molar-refractivity contribution in [2.75, 3.05) is 6.54 Å². The fourth-order valence-electron chi connectivity index (χ4n) is 1.08. The van der Waals surface area contributed by atoms with E-state index in [0.717, 1.165) is 18.7 Å². The molecule has 0 saturated carbocycles. The van der Waals surface area contributed by atoms with Crippen LogP contribution in [0.5, 0.6) is 0 Å². The van der Waals surface area contributed by atoms with Crippen LogP contribution in [0.2, 0.25) is 0 Å². The molecule has 14 heavy (non-hydrogen) atoms. The van der Waals surface area contributed by atoms with Crippen LogP contribution in [0.4, 0.5) is 0 Å². The van der Waals surface area contributed by atoms with Crippen molar-refractivity contribution in [2.45, 2.75) is 27.2 Å². The van der Waals surface area contributed by atoms with Gasteiger partial charge < -0.3 is 5.32 Å². The summed E-state index contributed by atoms with van der Waals surface area (Å²) in [5.74, 6) is 0.619. The first-order chi connectivity index (χ1) is 6.61. The van der Waals surface area contributed by atoms with Crippen LogP contribution >= 0.6 is 11.5 Å². The van der Waals surface area contributed by atoms with Gasteiger partial charge in [-0.3, -0.25) is 4.79 Å². The molecule has 1 amide bonds. The lowest BCUT2D eigenvalue weighted by atomic mass is 10.1. The minimum absolute atomic E-state index is 0.00287. The van der Waals surface area contributed by atoms with Gasteiger partial charge >= 0.3 is 0 Å². The number of hydrogen-bond donors (Lipinski definition) is 1. The minimum atomic E-state index is -0.00287. The number of nitrogens with one attached hydrogen (secondary N) is 1. The molecular formula is C10H16N2OS. The fourth-order valence-corrected chi connectivity index (χ4v) is 1.77. The van der Waals surface area contributed by atoms with Crippen LogP contribution in [0.1, 0.15) is 36.3 Å². The van der Waals surface area contributed by atoms with Crippen LogP contribution in [0.15, 0.2) is 5.38 Å². The highest BCUT2D eigenvalue weighted by atomic mass is 32.1. The Kier molecular flexibility index (Phi) is 4.07. The van der Waals surface area contributed by atoms with E-state index in [4.69, 9.17) is 0 Å². The van der Waals surface area contributed by atoms with Gasteiger partial charge in [-0.05, 0) is 30.8 Å². The molecule has 1 N–H and O–H groups in total. The zero-order valence-corrected chi connectivity index (χ0v) is 9.65. The SMILES string of the molecule is Cc1nscc1C(=O)NCCC(C)C. The Hall–Kier alpha value is -0.900. The molecule has 0 aliphatic heterocycles. The van der Waals surface area contributed by atoms with E-state index >= 15 is 0 Å². The molecule has 0 fully saturated rings. The molecule has 0 radical (unpaired) electrons. The van der Waals surface area contributed by atoms with Gasteiger partial charge in [-0.1, -0.05) is 13.8 Å². The maximum absolute atomic E-state index is 11.6. The van der Waals surface area contributed by atoms with Crippen LogP contribution in [-0.4, -0.2) is 16.8 Å². The van der Waals surface area contributed by atoms with Gasteiger partial charge in [-0.2, -0.15) is 4.37 Å². The lowest BCUT2D eigenvalue weighted by Gasteiger charge is -2.06. The maximum Gasteiger partial charge on any atom is 0.254 e. The molecule has 1 rings (SSSR count). The standard InChI is InChI=1S/C10H16N2OS/c1-7(2)4-5-11-10(13)9-6-14-12-8(9)3/h6-7H,4-5H2,1-3H3,(H,11,13). The lowest BCUT2D eigenvalue weighted by Crippen LogP contribution is -2.25. The number of aryl methyl sites for hydroxylation is 1. The summed E-state index contributed by atoms with van der Waals surface area (Å²) in [5.41, 5.74) is 1.52. The quantitative estimate of drug-likeness (QED) is 0.831. The maximum atomic E-state index is 11.6. The van der Waals surface area contributed by atoms with E-state index in [-0.39, 0.29) is 5.91 Å². The van der Waals surface area contributed by atoms with Gasteiger partial charge in [0.15, 0.2) is 0 Å². The van der Waals surface area contributed by atoms with Gasteiger partial charge in [-0.15, -0.1) is 0 Å².